The smallest absolute Gasteiger partial charge is 0.269 e. The lowest BCUT2D eigenvalue weighted by atomic mass is 10.1. The molecule has 1 aliphatic rings. The van der Waals surface area contributed by atoms with Crippen LogP contribution in [0.4, 0.5) is 5.69 Å². The number of hydrogen-bond acceptors (Lipinski definition) is 4. The van der Waals surface area contributed by atoms with Crippen molar-refractivity contribution < 1.29 is 19.1 Å². The van der Waals surface area contributed by atoms with Gasteiger partial charge < -0.3 is 19.7 Å². The van der Waals surface area contributed by atoms with Crippen LogP contribution in [0.3, 0.4) is 0 Å². The highest BCUT2D eigenvalue weighted by Crippen LogP contribution is 2.32. The highest BCUT2D eigenvalue weighted by Gasteiger charge is 2.32. The number of anilines is 1. The molecule has 1 N–H and O–H groups in total. The van der Waals surface area contributed by atoms with E-state index in [2.05, 4.69) is 5.32 Å². The van der Waals surface area contributed by atoms with Crippen molar-refractivity contribution in [2.24, 2.45) is 0 Å². The lowest BCUT2D eigenvalue weighted by Crippen LogP contribution is -2.49. The van der Waals surface area contributed by atoms with Crippen molar-refractivity contribution in [3.8, 4) is 11.5 Å². The zero-order valence-corrected chi connectivity index (χ0v) is 14.9. The molecule has 1 heterocycles. The van der Waals surface area contributed by atoms with Gasteiger partial charge in [-0.2, -0.15) is 0 Å². The zero-order chi connectivity index (χ0) is 18.5. The number of rotatable bonds is 6. The molecule has 6 heteroatoms. The third-order valence-corrected chi connectivity index (χ3v) is 4.19. The zero-order valence-electron chi connectivity index (χ0n) is 14.9. The van der Waals surface area contributed by atoms with E-state index in [1.165, 1.54) is 0 Å². The van der Waals surface area contributed by atoms with E-state index in [1.807, 2.05) is 55.5 Å². The Morgan fingerprint density at radius 2 is 1.92 bits per heavy atom. The van der Waals surface area contributed by atoms with Crippen LogP contribution in [0.1, 0.15) is 12.5 Å². The number of nitrogens with one attached hydrogen (secondary N) is 1. The van der Waals surface area contributed by atoms with Crippen LogP contribution in [0.25, 0.3) is 0 Å². The molecule has 0 bridgehead atoms. The predicted octanol–water partition coefficient (Wildman–Crippen LogP) is 2.17. The SMILES string of the molecule is CCOc1ccc(CC(=O)NCC2Oc3ccccc3N(C)C2=O)cc1. The molecule has 3 rings (SSSR count). The van der Waals surface area contributed by atoms with Gasteiger partial charge in [-0.3, -0.25) is 9.59 Å². The molecule has 0 radical (unpaired) electrons. The van der Waals surface area contributed by atoms with E-state index in [1.54, 1.807) is 11.9 Å². The summed E-state index contributed by atoms with van der Waals surface area (Å²) in [5.74, 6) is 1.08. The van der Waals surface area contributed by atoms with E-state index in [0.717, 1.165) is 17.0 Å². The minimum absolute atomic E-state index is 0.132. The minimum atomic E-state index is -0.723. The van der Waals surface area contributed by atoms with Gasteiger partial charge in [0.25, 0.3) is 5.91 Å². The molecule has 0 spiro atoms. The maximum absolute atomic E-state index is 12.4. The number of likely N-dealkylation sites (N-methyl/N-ethyl adjacent to an activating group) is 1. The van der Waals surface area contributed by atoms with Crippen LogP contribution < -0.4 is 19.7 Å². The Bertz CT molecular complexity index is 789. The first-order chi connectivity index (χ1) is 12.6. The van der Waals surface area contributed by atoms with Gasteiger partial charge in [0, 0.05) is 7.05 Å². The molecule has 2 aromatic rings. The van der Waals surface area contributed by atoms with Crippen LogP contribution in [-0.2, 0) is 16.0 Å². The largest absolute Gasteiger partial charge is 0.494 e. The van der Waals surface area contributed by atoms with Gasteiger partial charge in [0.1, 0.15) is 11.5 Å². The van der Waals surface area contributed by atoms with Gasteiger partial charge in [-0.25, -0.2) is 0 Å². The second kappa shape index (κ2) is 7.91. The Balaban J connectivity index is 1.55. The molecule has 136 valence electrons. The summed E-state index contributed by atoms with van der Waals surface area (Å²) < 4.78 is 11.1. The van der Waals surface area contributed by atoms with Crippen molar-refractivity contribution >= 4 is 17.5 Å². The van der Waals surface area contributed by atoms with Crippen molar-refractivity contribution in [3.63, 3.8) is 0 Å². The normalized spacial score (nSPS) is 15.8. The van der Waals surface area contributed by atoms with Gasteiger partial charge in [-0.15, -0.1) is 0 Å². The maximum atomic E-state index is 12.4. The van der Waals surface area contributed by atoms with Crippen molar-refractivity contribution in [2.75, 3.05) is 25.1 Å². The first kappa shape index (κ1) is 17.8. The van der Waals surface area contributed by atoms with Crippen LogP contribution in [0.5, 0.6) is 11.5 Å². The number of hydrogen-bond donors (Lipinski definition) is 1. The Morgan fingerprint density at radius 1 is 1.19 bits per heavy atom. The van der Waals surface area contributed by atoms with Crippen molar-refractivity contribution in [1.82, 2.24) is 5.32 Å². The number of amides is 2. The summed E-state index contributed by atoms with van der Waals surface area (Å²) in [6.07, 6.45) is -0.487. The average Bonchev–Trinajstić information content (AvgIpc) is 2.65. The van der Waals surface area contributed by atoms with Crippen LogP contribution in [0, 0.1) is 0 Å². The molecule has 1 unspecified atom stereocenters. The van der Waals surface area contributed by atoms with Crippen molar-refractivity contribution in [2.45, 2.75) is 19.4 Å². The highest BCUT2D eigenvalue weighted by molar-refractivity contribution is 5.99. The van der Waals surface area contributed by atoms with E-state index in [-0.39, 0.29) is 24.8 Å². The summed E-state index contributed by atoms with van der Waals surface area (Å²) in [5.41, 5.74) is 1.61. The number of benzene rings is 2. The van der Waals surface area contributed by atoms with Gasteiger partial charge in [0.2, 0.25) is 5.91 Å². The standard InChI is InChI=1S/C20H22N2O4/c1-3-25-15-10-8-14(9-11-15)12-19(23)21-13-18-20(24)22(2)16-6-4-5-7-17(16)26-18/h4-11,18H,3,12-13H2,1-2H3,(H,21,23). The molecule has 0 aliphatic carbocycles. The Hall–Kier alpha value is -3.02. The first-order valence-corrected chi connectivity index (χ1v) is 8.60. The molecular weight excluding hydrogens is 332 g/mol. The molecule has 0 aromatic heterocycles. The third kappa shape index (κ3) is 3.96. The third-order valence-electron chi connectivity index (χ3n) is 4.19. The lowest BCUT2D eigenvalue weighted by molar-refractivity contribution is -0.126. The summed E-state index contributed by atoms with van der Waals surface area (Å²) in [6, 6.07) is 14.7. The fourth-order valence-electron chi connectivity index (χ4n) is 2.83. The van der Waals surface area contributed by atoms with E-state index >= 15 is 0 Å². The fraction of sp³-hybridized carbons (Fsp3) is 0.300. The topological polar surface area (TPSA) is 67.9 Å². The predicted molar refractivity (Wildman–Crippen MR) is 98.6 cm³/mol. The van der Waals surface area contributed by atoms with Gasteiger partial charge >= 0.3 is 0 Å². The van der Waals surface area contributed by atoms with E-state index in [4.69, 9.17) is 9.47 Å². The second-order valence-electron chi connectivity index (χ2n) is 6.03. The van der Waals surface area contributed by atoms with Crippen LogP contribution >= 0.6 is 0 Å². The van der Waals surface area contributed by atoms with Crippen LogP contribution in [0.15, 0.2) is 48.5 Å². The van der Waals surface area contributed by atoms with E-state index in [9.17, 15) is 9.59 Å². The quantitative estimate of drug-likeness (QED) is 0.863. The molecule has 0 saturated carbocycles. The number of ether oxygens (including phenoxy) is 2. The fourth-order valence-corrected chi connectivity index (χ4v) is 2.83. The van der Waals surface area contributed by atoms with Crippen molar-refractivity contribution in [3.05, 3.63) is 54.1 Å². The molecule has 2 amide bonds. The summed E-state index contributed by atoms with van der Waals surface area (Å²) in [4.78, 5) is 26.1. The maximum Gasteiger partial charge on any atom is 0.269 e. The Morgan fingerprint density at radius 3 is 2.65 bits per heavy atom. The number of para-hydroxylation sites is 2. The van der Waals surface area contributed by atoms with E-state index < -0.39 is 6.10 Å². The van der Waals surface area contributed by atoms with Crippen LogP contribution in [0.2, 0.25) is 0 Å². The number of carbonyl (C=O) groups excluding carboxylic acids is 2. The summed E-state index contributed by atoms with van der Waals surface area (Å²) in [6.45, 7) is 2.66. The van der Waals surface area contributed by atoms with Gasteiger partial charge in [-0.05, 0) is 36.8 Å². The van der Waals surface area contributed by atoms with Gasteiger partial charge in [0.15, 0.2) is 6.10 Å². The molecule has 2 aromatic carbocycles. The summed E-state index contributed by atoms with van der Waals surface area (Å²) in [5, 5.41) is 2.78. The van der Waals surface area contributed by atoms with Gasteiger partial charge in [-0.1, -0.05) is 24.3 Å². The minimum Gasteiger partial charge on any atom is -0.494 e. The molecule has 1 atom stereocenters. The molecule has 1 aliphatic heterocycles. The average molecular weight is 354 g/mol. The number of carbonyl (C=O) groups is 2. The monoisotopic (exact) mass is 354 g/mol. The Labute approximate surface area is 152 Å². The molecule has 6 nitrogen and oxygen atoms in total. The lowest BCUT2D eigenvalue weighted by Gasteiger charge is -2.31. The first-order valence-electron chi connectivity index (χ1n) is 8.60. The summed E-state index contributed by atoms with van der Waals surface area (Å²) in [7, 11) is 1.71. The van der Waals surface area contributed by atoms with Crippen LogP contribution in [-0.4, -0.2) is 38.1 Å². The van der Waals surface area contributed by atoms with E-state index in [0.29, 0.717) is 12.4 Å². The molecular formula is C20H22N2O4. The molecule has 26 heavy (non-hydrogen) atoms. The number of fused-ring (bicyclic) bond motifs is 1. The van der Waals surface area contributed by atoms with Crippen molar-refractivity contribution in [1.29, 1.82) is 0 Å². The molecule has 0 saturated heterocycles. The Kier molecular flexibility index (Phi) is 5.41. The number of nitrogens with zero attached hydrogens (tertiary/aromatic N) is 1. The van der Waals surface area contributed by atoms with Gasteiger partial charge in [0.05, 0.1) is 25.3 Å². The molecule has 0 fully saturated rings. The summed E-state index contributed by atoms with van der Waals surface area (Å²) >= 11 is 0. The second-order valence-corrected chi connectivity index (χ2v) is 6.03. The highest BCUT2D eigenvalue weighted by atomic mass is 16.5.